The van der Waals surface area contributed by atoms with E-state index in [1.165, 1.54) is 6.07 Å². The molecule has 84 valence electrons. The zero-order valence-electron chi connectivity index (χ0n) is 9.07. The third kappa shape index (κ3) is 3.18. The zero-order valence-corrected chi connectivity index (χ0v) is 9.07. The van der Waals surface area contributed by atoms with Gasteiger partial charge in [-0.05, 0) is 19.1 Å². The Morgan fingerprint density at radius 2 is 2.20 bits per heavy atom. The standard InChI is InChI=1S/C11H17FN2O/c1-8(15)7-14(2)10-4-3-9(6-13)11(12)5-10/h3-5,8,15H,6-7,13H2,1-2H3. The number of anilines is 1. The van der Waals surface area contributed by atoms with E-state index in [0.29, 0.717) is 12.1 Å². The second kappa shape index (κ2) is 5.09. The molecule has 3 nitrogen and oxygen atoms in total. The summed E-state index contributed by atoms with van der Waals surface area (Å²) in [5.41, 5.74) is 6.61. The molecule has 0 heterocycles. The number of halogens is 1. The number of rotatable bonds is 4. The summed E-state index contributed by atoms with van der Waals surface area (Å²) in [6, 6.07) is 4.90. The Kier molecular flexibility index (Phi) is 4.05. The van der Waals surface area contributed by atoms with Crippen LogP contribution in [0, 0.1) is 5.82 Å². The first kappa shape index (κ1) is 11.9. The van der Waals surface area contributed by atoms with Crippen LogP contribution in [0.1, 0.15) is 12.5 Å². The number of hydrogen-bond acceptors (Lipinski definition) is 3. The van der Waals surface area contributed by atoms with Gasteiger partial charge in [0.25, 0.3) is 0 Å². The maximum Gasteiger partial charge on any atom is 0.129 e. The molecule has 3 N–H and O–H groups in total. The summed E-state index contributed by atoms with van der Waals surface area (Å²) in [6.07, 6.45) is -0.438. The highest BCUT2D eigenvalue weighted by molar-refractivity contribution is 5.47. The van der Waals surface area contributed by atoms with Crippen molar-refractivity contribution in [2.45, 2.75) is 19.6 Å². The number of aliphatic hydroxyl groups excluding tert-OH is 1. The highest BCUT2D eigenvalue weighted by Gasteiger charge is 2.07. The molecule has 0 radical (unpaired) electrons. The molecule has 1 unspecified atom stereocenters. The lowest BCUT2D eigenvalue weighted by atomic mass is 10.2. The van der Waals surface area contributed by atoms with Crippen molar-refractivity contribution in [1.29, 1.82) is 0 Å². The van der Waals surface area contributed by atoms with Crippen LogP contribution >= 0.6 is 0 Å². The quantitative estimate of drug-likeness (QED) is 0.785. The predicted octanol–water partition coefficient (Wildman–Crippen LogP) is 1.10. The summed E-state index contributed by atoms with van der Waals surface area (Å²) in [5.74, 6) is -0.299. The number of hydrogen-bond donors (Lipinski definition) is 2. The van der Waals surface area contributed by atoms with Crippen molar-refractivity contribution in [1.82, 2.24) is 0 Å². The Hall–Kier alpha value is -1.13. The van der Waals surface area contributed by atoms with Crippen molar-refractivity contribution in [3.63, 3.8) is 0 Å². The van der Waals surface area contributed by atoms with E-state index in [9.17, 15) is 9.50 Å². The Bertz CT molecular complexity index is 328. The van der Waals surface area contributed by atoms with Crippen molar-refractivity contribution in [3.05, 3.63) is 29.6 Å². The molecule has 4 heteroatoms. The van der Waals surface area contributed by atoms with E-state index in [0.717, 1.165) is 5.69 Å². The lowest BCUT2D eigenvalue weighted by molar-refractivity contribution is 0.201. The van der Waals surface area contributed by atoms with Crippen LogP contribution < -0.4 is 10.6 Å². The van der Waals surface area contributed by atoms with Gasteiger partial charge in [0, 0.05) is 31.4 Å². The predicted molar refractivity (Wildman–Crippen MR) is 59.2 cm³/mol. The van der Waals surface area contributed by atoms with Gasteiger partial charge in [0.2, 0.25) is 0 Å². The van der Waals surface area contributed by atoms with Crippen LogP contribution in [0.4, 0.5) is 10.1 Å². The SMILES string of the molecule is CC(O)CN(C)c1ccc(CN)c(F)c1. The van der Waals surface area contributed by atoms with Gasteiger partial charge in [-0.2, -0.15) is 0 Å². The number of likely N-dealkylation sites (N-methyl/N-ethyl adjacent to an activating group) is 1. The Morgan fingerprint density at radius 3 is 2.67 bits per heavy atom. The van der Waals surface area contributed by atoms with Gasteiger partial charge in [0.15, 0.2) is 0 Å². The fourth-order valence-electron chi connectivity index (χ4n) is 1.44. The van der Waals surface area contributed by atoms with Crippen molar-refractivity contribution in [2.75, 3.05) is 18.5 Å². The minimum atomic E-state index is -0.438. The second-order valence-electron chi connectivity index (χ2n) is 3.71. The first-order valence-electron chi connectivity index (χ1n) is 4.92. The van der Waals surface area contributed by atoms with Gasteiger partial charge >= 0.3 is 0 Å². The average Bonchev–Trinajstić information content (AvgIpc) is 2.16. The van der Waals surface area contributed by atoms with Crippen molar-refractivity contribution >= 4 is 5.69 Å². The molecule has 0 aromatic heterocycles. The Balaban J connectivity index is 2.82. The van der Waals surface area contributed by atoms with Crippen molar-refractivity contribution in [3.8, 4) is 0 Å². The molecule has 0 aliphatic heterocycles. The number of nitrogens with two attached hydrogens (primary N) is 1. The Morgan fingerprint density at radius 1 is 1.53 bits per heavy atom. The number of aliphatic hydroxyl groups is 1. The molecule has 1 atom stereocenters. The molecule has 0 amide bonds. The first-order chi connectivity index (χ1) is 7.04. The average molecular weight is 212 g/mol. The number of nitrogens with zero attached hydrogens (tertiary/aromatic N) is 1. The topological polar surface area (TPSA) is 49.5 Å². The fourth-order valence-corrected chi connectivity index (χ4v) is 1.44. The molecule has 0 fully saturated rings. The van der Waals surface area contributed by atoms with E-state index in [4.69, 9.17) is 5.73 Å². The molecule has 0 aliphatic rings. The van der Waals surface area contributed by atoms with Crippen LogP contribution in [0.2, 0.25) is 0 Å². The summed E-state index contributed by atoms with van der Waals surface area (Å²) in [7, 11) is 1.81. The van der Waals surface area contributed by atoms with Gasteiger partial charge in [-0.25, -0.2) is 4.39 Å². The molecular formula is C11H17FN2O. The summed E-state index contributed by atoms with van der Waals surface area (Å²) in [4.78, 5) is 1.80. The summed E-state index contributed by atoms with van der Waals surface area (Å²) in [6.45, 7) is 2.37. The monoisotopic (exact) mass is 212 g/mol. The summed E-state index contributed by atoms with van der Waals surface area (Å²) >= 11 is 0. The van der Waals surface area contributed by atoms with E-state index in [1.807, 2.05) is 7.05 Å². The van der Waals surface area contributed by atoms with E-state index in [-0.39, 0.29) is 12.4 Å². The summed E-state index contributed by atoms with van der Waals surface area (Å²) < 4.78 is 13.4. The first-order valence-corrected chi connectivity index (χ1v) is 4.92. The Labute approximate surface area is 89.3 Å². The lowest BCUT2D eigenvalue weighted by Gasteiger charge is -2.21. The molecule has 0 aliphatic carbocycles. The van der Waals surface area contributed by atoms with Gasteiger partial charge in [-0.3, -0.25) is 0 Å². The minimum Gasteiger partial charge on any atom is -0.392 e. The molecule has 1 aromatic rings. The van der Waals surface area contributed by atoms with Crippen molar-refractivity contribution in [2.24, 2.45) is 5.73 Å². The van der Waals surface area contributed by atoms with Gasteiger partial charge < -0.3 is 15.7 Å². The third-order valence-electron chi connectivity index (χ3n) is 2.24. The van der Waals surface area contributed by atoms with Crippen LogP contribution in [0.15, 0.2) is 18.2 Å². The molecule has 1 aromatic carbocycles. The van der Waals surface area contributed by atoms with Gasteiger partial charge in [0.05, 0.1) is 6.10 Å². The number of benzene rings is 1. The third-order valence-corrected chi connectivity index (χ3v) is 2.24. The molecule has 1 rings (SSSR count). The van der Waals surface area contributed by atoms with Crippen LogP contribution in [-0.2, 0) is 6.54 Å². The molecule has 0 spiro atoms. The molecular weight excluding hydrogens is 195 g/mol. The maximum atomic E-state index is 13.4. The largest absolute Gasteiger partial charge is 0.392 e. The van der Waals surface area contributed by atoms with E-state index in [1.54, 1.807) is 24.0 Å². The zero-order chi connectivity index (χ0) is 11.4. The van der Waals surface area contributed by atoms with E-state index >= 15 is 0 Å². The normalized spacial score (nSPS) is 12.6. The van der Waals surface area contributed by atoms with E-state index < -0.39 is 6.10 Å². The second-order valence-corrected chi connectivity index (χ2v) is 3.71. The van der Waals surface area contributed by atoms with Crippen LogP contribution in [0.3, 0.4) is 0 Å². The lowest BCUT2D eigenvalue weighted by Crippen LogP contribution is -2.26. The maximum absolute atomic E-state index is 13.4. The van der Waals surface area contributed by atoms with Crippen LogP contribution in [-0.4, -0.2) is 24.8 Å². The van der Waals surface area contributed by atoms with Crippen LogP contribution in [0.25, 0.3) is 0 Å². The molecule has 0 bridgehead atoms. The van der Waals surface area contributed by atoms with Crippen molar-refractivity contribution < 1.29 is 9.50 Å². The van der Waals surface area contributed by atoms with Gasteiger partial charge in [-0.15, -0.1) is 0 Å². The van der Waals surface area contributed by atoms with Crippen LogP contribution in [0.5, 0.6) is 0 Å². The fraction of sp³-hybridized carbons (Fsp3) is 0.455. The van der Waals surface area contributed by atoms with Gasteiger partial charge in [-0.1, -0.05) is 6.07 Å². The highest BCUT2D eigenvalue weighted by Crippen LogP contribution is 2.17. The summed E-state index contributed by atoms with van der Waals surface area (Å²) in [5, 5.41) is 9.20. The molecule has 15 heavy (non-hydrogen) atoms. The smallest absolute Gasteiger partial charge is 0.129 e. The van der Waals surface area contributed by atoms with Gasteiger partial charge in [0.1, 0.15) is 5.82 Å². The molecule has 0 saturated carbocycles. The molecule has 0 saturated heterocycles. The highest BCUT2D eigenvalue weighted by atomic mass is 19.1. The van der Waals surface area contributed by atoms with E-state index in [2.05, 4.69) is 0 Å². The minimum absolute atomic E-state index is 0.201.